The van der Waals surface area contributed by atoms with Gasteiger partial charge < -0.3 is 10.1 Å². The SMILES string of the molecule is COc1cccc(-c2ccc(C(=O)NCc3cccnc3-c3ccsc3)cc2)c1. The molecule has 0 saturated heterocycles. The predicted octanol–water partition coefficient (Wildman–Crippen LogP) is 5.42. The van der Waals surface area contributed by atoms with Crippen molar-refractivity contribution in [2.24, 2.45) is 0 Å². The molecular weight excluding hydrogens is 380 g/mol. The van der Waals surface area contributed by atoms with Crippen LogP contribution < -0.4 is 10.1 Å². The Balaban J connectivity index is 1.46. The second-order valence-electron chi connectivity index (χ2n) is 6.52. The maximum atomic E-state index is 12.6. The number of carbonyl (C=O) groups is 1. The van der Waals surface area contributed by atoms with E-state index in [1.165, 1.54) is 0 Å². The summed E-state index contributed by atoms with van der Waals surface area (Å²) in [5, 5.41) is 7.08. The van der Waals surface area contributed by atoms with E-state index in [1.807, 2.05) is 72.1 Å². The highest BCUT2D eigenvalue weighted by Crippen LogP contribution is 2.25. The maximum Gasteiger partial charge on any atom is 0.251 e. The standard InChI is InChI=1S/C24H20N2O2S/c1-28-22-6-2-4-19(14-22)17-7-9-18(10-8-17)24(27)26-15-20-5-3-12-25-23(20)21-11-13-29-16-21/h2-14,16H,15H2,1H3,(H,26,27). The van der Waals surface area contributed by atoms with E-state index < -0.39 is 0 Å². The summed E-state index contributed by atoms with van der Waals surface area (Å²) in [4.78, 5) is 17.1. The molecule has 4 rings (SSSR count). The highest BCUT2D eigenvalue weighted by Gasteiger charge is 2.10. The summed E-state index contributed by atoms with van der Waals surface area (Å²) in [5.74, 6) is 0.699. The number of hydrogen-bond donors (Lipinski definition) is 1. The molecule has 0 saturated carbocycles. The van der Waals surface area contributed by atoms with Crippen LogP contribution in [0, 0.1) is 0 Å². The Morgan fingerprint density at radius 1 is 1.00 bits per heavy atom. The number of amides is 1. The Hall–Kier alpha value is -3.44. The number of ether oxygens (including phenoxy) is 1. The molecule has 29 heavy (non-hydrogen) atoms. The van der Waals surface area contributed by atoms with Gasteiger partial charge in [-0.15, -0.1) is 0 Å². The van der Waals surface area contributed by atoms with Crippen LogP contribution in [0.25, 0.3) is 22.4 Å². The van der Waals surface area contributed by atoms with E-state index in [-0.39, 0.29) is 5.91 Å². The number of rotatable bonds is 6. The quantitative estimate of drug-likeness (QED) is 0.470. The summed E-state index contributed by atoms with van der Waals surface area (Å²) in [6.07, 6.45) is 1.77. The van der Waals surface area contributed by atoms with Crippen LogP contribution in [0.4, 0.5) is 0 Å². The van der Waals surface area contributed by atoms with Crippen molar-refractivity contribution in [3.8, 4) is 28.1 Å². The van der Waals surface area contributed by atoms with Gasteiger partial charge in [-0.05, 0) is 58.5 Å². The number of nitrogens with one attached hydrogen (secondary N) is 1. The number of benzene rings is 2. The summed E-state index contributed by atoms with van der Waals surface area (Å²) in [7, 11) is 1.65. The molecule has 0 spiro atoms. The van der Waals surface area contributed by atoms with Crippen molar-refractivity contribution >= 4 is 17.2 Å². The first-order valence-electron chi connectivity index (χ1n) is 9.24. The number of carbonyl (C=O) groups excluding carboxylic acids is 1. The fourth-order valence-corrected chi connectivity index (χ4v) is 3.78. The molecule has 0 aliphatic rings. The second-order valence-corrected chi connectivity index (χ2v) is 7.30. The summed E-state index contributed by atoms with van der Waals surface area (Å²) < 4.78 is 5.28. The number of thiophene rings is 1. The third-order valence-electron chi connectivity index (χ3n) is 4.68. The van der Waals surface area contributed by atoms with Crippen molar-refractivity contribution in [3.63, 3.8) is 0 Å². The van der Waals surface area contributed by atoms with Crippen LogP contribution in [-0.4, -0.2) is 18.0 Å². The van der Waals surface area contributed by atoms with Crippen LogP contribution in [0.1, 0.15) is 15.9 Å². The van der Waals surface area contributed by atoms with Crippen LogP contribution >= 0.6 is 11.3 Å². The third kappa shape index (κ3) is 4.36. The maximum absolute atomic E-state index is 12.6. The minimum atomic E-state index is -0.109. The minimum Gasteiger partial charge on any atom is -0.497 e. The molecule has 0 bridgehead atoms. The van der Waals surface area contributed by atoms with Gasteiger partial charge in [0, 0.05) is 29.2 Å². The lowest BCUT2D eigenvalue weighted by molar-refractivity contribution is 0.0951. The van der Waals surface area contributed by atoms with Gasteiger partial charge in [0.25, 0.3) is 5.91 Å². The van der Waals surface area contributed by atoms with Gasteiger partial charge >= 0.3 is 0 Å². The monoisotopic (exact) mass is 400 g/mol. The van der Waals surface area contributed by atoms with E-state index in [4.69, 9.17) is 4.74 Å². The highest BCUT2D eigenvalue weighted by atomic mass is 32.1. The first kappa shape index (κ1) is 18.9. The van der Waals surface area contributed by atoms with E-state index >= 15 is 0 Å². The van der Waals surface area contributed by atoms with Crippen LogP contribution in [0.2, 0.25) is 0 Å². The highest BCUT2D eigenvalue weighted by molar-refractivity contribution is 7.08. The van der Waals surface area contributed by atoms with Crippen LogP contribution in [0.5, 0.6) is 5.75 Å². The van der Waals surface area contributed by atoms with Crippen LogP contribution in [0.3, 0.4) is 0 Å². The molecule has 0 aliphatic heterocycles. The topological polar surface area (TPSA) is 51.2 Å². The van der Waals surface area contributed by atoms with Gasteiger partial charge in [-0.25, -0.2) is 0 Å². The summed E-state index contributed by atoms with van der Waals surface area (Å²) in [6.45, 7) is 0.426. The molecule has 0 unspecified atom stereocenters. The lowest BCUT2D eigenvalue weighted by Gasteiger charge is -2.10. The summed E-state index contributed by atoms with van der Waals surface area (Å²) in [5.41, 5.74) is 5.68. The molecule has 0 aliphatic carbocycles. The Labute approximate surface area is 173 Å². The minimum absolute atomic E-state index is 0.109. The van der Waals surface area contributed by atoms with Gasteiger partial charge in [-0.1, -0.05) is 30.3 Å². The van der Waals surface area contributed by atoms with Crippen LogP contribution in [-0.2, 0) is 6.54 Å². The lowest BCUT2D eigenvalue weighted by Crippen LogP contribution is -2.23. The van der Waals surface area contributed by atoms with Crippen molar-refractivity contribution in [2.45, 2.75) is 6.54 Å². The zero-order valence-electron chi connectivity index (χ0n) is 16.0. The zero-order chi connectivity index (χ0) is 20.1. The Kier molecular flexibility index (Phi) is 5.68. The second kappa shape index (κ2) is 8.71. The van der Waals surface area contributed by atoms with Crippen molar-refractivity contribution in [1.29, 1.82) is 0 Å². The largest absolute Gasteiger partial charge is 0.497 e. The molecule has 2 aromatic carbocycles. The van der Waals surface area contributed by atoms with E-state index in [2.05, 4.69) is 15.7 Å². The molecule has 0 radical (unpaired) electrons. The van der Waals surface area contributed by atoms with Gasteiger partial charge in [0.2, 0.25) is 0 Å². The first-order valence-corrected chi connectivity index (χ1v) is 10.2. The van der Waals surface area contributed by atoms with Crippen molar-refractivity contribution in [2.75, 3.05) is 7.11 Å². The fraction of sp³-hybridized carbons (Fsp3) is 0.0833. The normalized spacial score (nSPS) is 10.5. The average Bonchev–Trinajstić information content (AvgIpc) is 3.32. The van der Waals surface area contributed by atoms with Gasteiger partial charge in [0.15, 0.2) is 0 Å². The fourth-order valence-electron chi connectivity index (χ4n) is 3.13. The molecule has 2 heterocycles. The summed E-state index contributed by atoms with van der Waals surface area (Å²) >= 11 is 1.63. The molecule has 1 N–H and O–H groups in total. The Morgan fingerprint density at radius 2 is 1.86 bits per heavy atom. The van der Waals surface area contributed by atoms with Gasteiger partial charge in [0.05, 0.1) is 12.8 Å². The lowest BCUT2D eigenvalue weighted by atomic mass is 10.0. The molecule has 0 atom stereocenters. The molecule has 144 valence electrons. The Morgan fingerprint density at radius 3 is 2.62 bits per heavy atom. The average molecular weight is 401 g/mol. The molecule has 0 fully saturated rings. The molecule has 5 heteroatoms. The number of aromatic nitrogens is 1. The Bertz CT molecular complexity index is 1110. The van der Waals surface area contributed by atoms with Crippen molar-refractivity contribution < 1.29 is 9.53 Å². The molecule has 2 aromatic heterocycles. The van der Waals surface area contributed by atoms with Gasteiger partial charge in [-0.3, -0.25) is 9.78 Å². The number of nitrogens with zero attached hydrogens (tertiary/aromatic N) is 1. The molecular formula is C24H20N2O2S. The first-order chi connectivity index (χ1) is 14.2. The molecule has 1 amide bonds. The number of hydrogen-bond acceptors (Lipinski definition) is 4. The number of methoxy groups -OCH3 is 1. The van der Waals surface area contributed by atoms with E-state index in [9.17, 15) is 4.79 Å². The van der Waals surface area contributed by atoms with Crippen molar-refractivity contribution in [3.05, 3.63) is 94.8 Å². The van der Waals surface area contributed by atoms with E-state index in [0.717, 1.165) is 33.7 Å². The summed E-state index contributed by atoms with van der Waals surface area (Å²) in [6, 6.07) is 21.4. The third-order valence-corrected chi connectivity index (χ3v) is 5.36. The number of pyridine rings is 1. The van der Waals surface area contributed by atoms with E-state index in [0.29, 0.717) is 12.1 Å². The smallest absolute Gasteiger partial charge is 0.251 e. The molecule has 4 nitrogen and oxygen atoms in total. The zero-order valence-corrected chi connectivity index (χ0v) is 16.8. The predicted molar refractivity (Wildman–Crippen MR) is 117 cm³/mol. The van der Waals surface area contributed by atoms with Crippen LogP contribution in [0.15, 0.2) is 83.7 Å². The van der Waals surface area contributed by atoms with Gasteiger partial charge in [0.1, 0.15) is 5.75 Å². The van der Waals surface area contributed by atoms with E-state index in [1.54, 1.807) is 24.6 Å². The van der Waals surface area contributed by atoms with Gasteiger partial charge in [-0.2, -0.15) is 11.3 Å². The molecule has 4 aromatic rings. The van der Waals surface area contributed by atoms with Crippen molar-refractivity contribution in [1.82, 2.24) is 10.3 Å².